The maximum absolute atomic E-state index is 12.5. The van der Waals surface area contributed by atoms with Gasteiger partial charge in [-0.15, -0.1) is 0 Å². The zero-order valence-corrected chi connectivity index (χ0v) is 17.4. The molecule has 0 unspecified atom stereocenters. The van der Waals surface area contributed by atoms with E-state index in [9.17, 15) is 9.59 Å². The Bertz CT molecular complexity index is 1060. The van der Waals surface area contributed by atoms with Crippen LogP contribution in [0.3, 0.4) is 0 Å². The van der Waals surface area contributed by atoms with Crippen LogP contribution >= 0.6 is 11.6 Å². The molecule has 0 saturated carbocycles. The molecule has 0 radical (unpaired) electrons. The summed E-state index contributed by atoms with van der Waals surface area (Å²) in [7, 11) is 0. The van der Waals surface area contributed by atoms with Crippen LogP contribution in [0.4, 0.5) is 5.69 Å². The van der Waals surface area contributed by atoms with E-state index in [1.165, 1.54) is 0 Å². The molecule has 1 fully saturated rings. The fourth-order valence-electron chi connectivity index (χ4n) is 3.85. The molecule has 1 heterocycles. The number of benzene rings is 3. The van der Waals surface area contributed by atoms with E-state index in [-0.39, 0.29) is 24.8 Å². The van der Waals surface area contributed by atoms with Crippen LogP contribution in [0.15, 0.2) is 66.7 Å². The average molecular weight is 422 g/mol. The Morgan fingerprint density at radius 2 is 1.63 bits per heavy atom. The largest absolute Gasteiger partial charge is 0.368 e. The van der Waals surface area contributed by atoms with Gasteiger partial charge < -0.3 is 15.1 Å². The van der Waals surface area contributed by atoms with Gasteiger partial charge in [-0.2, -0.15) is 0 Å². The average Bonchev–Trinajstić information content (AvgIpc) is 2.78. The van der Waals surface area contributed by atoms with E-state index in [1.807, 2.05) is 66.7 Å². The molecular weight excluding hydrogens is 398 g/mol. The monoisotopic (exact) mass is 421 g/mol. The Hall–Kier alpha value is -3.05. The van der Waals surface area contributed by atoms with Crippen molar-refractivity contribution < 1.29 is 9.59 Å². The van der Waals surface area contributed by atoms with E-state index in [0.29, 0.717) is 18.1 Å². The van der Waals surface area contributed by atoms with Crippen LogP contribution in [0.1, 0.15) is 5.56 Å². The number of hydrogen-bond acceptors (Lipinski definition) is 3. The molecule has 0 aliphatic carbocycles. The second-order valence-electron chi connectivity index (χ2n) is 7.44. The van der Waals surface area contributed by atoms with Crippen molar-refractivity contribution in [2.75, 3.05) is 37.6 Å². The molecule has 4 rings (SSSR count). The van der Waals surface area contributed by atoms with Gasteiger partial charge in [0.2, 0.25) is 11.8 Å². The van der Waals surface area contributed by atoms with E-state index in [4.69, 9.17) is 11.6 Å². The van der Waals surface area contributed by atoms with Gasteiger partial charge in [0.15, 0.2) is 0 Å². The Morgan fingerprint density at radius 1 is 0.900 bits per heavy atom. The third kappa shape index (κ3) is 4.74. The lowest BCUT2D eigenvalue weighted by atomic mass is 10.0. The van der Waals surface area contributed by atoms with Crippen LogP contribution in [-0.2, 0) is 16.0 Å². The molecule has 154 valence electrons. The van der Waals surface area contributed by atoms with Crippen LogP contribution in [0.25, 0.3) is 10.8 Å². The Balaban J connectivity index is 1.27. The molecule has 0 aromatic heterocycles. The summed E-state index contributed by atoms with van der Waals surface area (Å²) in [5, 5.41) is 5.67. The van der Waals surface area contributed by atoms with E-state index >= 15 is 0 Å². The van der Waals surface area contributed by atoms with E-state index in [0.717, 1.165) is 35.1 Å². The summed E-state index contributed by atoms with van der Waals surface area (Å²) < 4.78 is 0. The molecule has 1 aliphatic heterocycles. The first kappa shape index (κ1) is 20.2. The van der Waals surface area contributed by atoms with Crippen LogP contribution < -0.4 is 10.2 Å². The van der Waals surface area contributed by atoms with Crippen molar-refractivity contribution in [3.05, 3.63) is 77.3 Å². The zero-order chi connectivity index (χ0) is 20.9. The molecule has 3 aromatic rings. The Morgan fingerprint density at radius 3 is 2.43 bits per heavy atom. The number of carbonyl (C=O) groups excluding carboxylic acids is 2. The topological polar surface area (TPSA) is 52.7 Å². The number of carbonyl (C=O) groups is 2. The van der Waals surface area contributed by atoms with Crippen molar-refractivity contribution in [2.45, 2.75) is 6.42 Å². The molecule has 0 atom stereocenters. The number of nitrogens with one attached hydrogen (secondary N) is 1. The first-order chi connectivity index (χ1) is 14.6. The normalized spacial score (nSPS) is 14.0. The van der Waals surface area contributed by atoms with Crippen LogP contribution in [0.2, 0.25) is 5.02 Å². The highest BCUT2D eigenvalue weighted by atomic mass is 35.5. The molecule has 1 N–H and O–H groups in total. The predicted octanol–water partition coefficient (Wildman–Crippen LogP) is 3.50. The molecule has 5 nitrogen and oxygen atoms in total. The van der Waals surface area contributed by atoms with Crippen LogP contribution in [0, 0.1) is 0 Å². The van der Waals surface area contributed by atoms with Gasteiger partial charge in [-0.3, -0.25) is 9.59 Å². The lowest BCUT2D eigenvalue weighted by Crippen LogP contribution is -2.51. The van der Waals surface area contributed by atoms with E-state index in [2.05, 4.69) is 10.2 Å². The SMILES string of the molecule is O=C(Cc1cccc2ccccc12)NCC(=O)N1CCN(c2cccc(Cl)c2)CC1. The predicted molar refractivity (Wildman–Crippen MR) is 121 cm³/mol. The van der Waals surface area contributed by atoms with Crippen molar-refractivity contribution in [2.24, 2.45) is 0 Å². The molecule has 3 aromatic carbocycles. The smallest absolute Gasteiger partial charge is 0.242 e. The van der Waals surface area contributed by atoms with Crippen molar-refractivity contribution in [3.8, 4) is 0 Å². The molecule has 0 spiro atoms. The summed E-state index contributed by atoms with van der Waals surface area (Å²) in [6.45, 7) is 2.78. The molecule has 6 heteroatoms. The van der Waals surface area contributed by atoms with Gasteiger partial charge in [0.1, 0.15) is 0 Å². The molecule has 1 saturated heterocycles. The number of piperazine rings is 1. The van der Waals surface area contributed by atoms with Gasteiger partial charge in [-0.25, -0.2) is 0 Å². The summed E-state index contributed by atoms with van der Waals surface area (Å²) in [6, 6.07) is 21.7. The third-order valence-corrected chi connectivity index (χ3v) is 5.71. The van der Waals surface area contributed by atoms with E-state index in [1.54, 1.807) is 4.90 Å². The van der Waals surface area contributed by atoms with Gasteiger partial charge in [-0.1, -0.05) is 60.1 Å². The number of fused-ring (bicyclic) bond motifs is 1. The lowest BCUT2D eigenvalue weighted by Gasteiger charge is -2.36. The Labute approximate surface area is 181 Å². The summed E-state index contributed by atoms with van der Waals surface area (Å²) in [5.41, 5.74) is 2.03. The minimum atomic E-state index is -0.141. The second kappa shape index (κ2) is 9.18. The minimum absolute atomic E-state index is 0.0285. The highest BCUT2D eigenvalue weighted by Gasteiger charge is 2.21. The summed E-state index contributed by atoms with van der Waals surface area (Å²) in [6.07, 6.45) is 0.261. The molecule has 1 aliphatic rings. The number of hydrogen-bond donors (Lipinski definition) is 1. The first-order valence-corrected chi connectivity index (χ1v) is 10.5. The van der Waals surface area contributed by atoms with Crippen molar-refractivity contribution >= 4 is 39.9 Å². The van der Waals surface area contributed by atoms with Gasteiger partial charge in [0, 0.05) is 36.9 Å². The standard InChI is InChI=1S/C24H24ClN3O2/c25-20-8-4-9-21(16-20)27-11-13-28(14-12-27)24(30)17-26-23(29)15-19-7-3-6-18-5-1-2-10-22(18)19/h1-10,16H,11-15,17H2,(H,26,29). The maximum atomic E-state index is 12.5. The van der Waals surface area contributed by atoms with E-state index < -0.39 is 0 Å². The molecule has 30 heavy (non-hydrogen) atoms. The van der Waals surface area contributed by atoms with Gasteiger partial charge in [0.05, 0.1) is 13.0 Å². The fourth-order valence-corrected chi connectivity index (χ4v) is 4.04. The zero-order valence-electron chi connectivity index (χ0n) is 16.7. The number of halogens is 1. The van der Waals surface area contributed by atoms with Crippen molar-refractivity contribution in [1.82, 2.24) is 10.2 Å². The minimum Gasteiger partial charge on any atom is -0.368 e. The Kier molecular flexibility index (Phi) is 6.19. The molecule has 2 amide bonds. The first-order valence-electron chi connectivity index (χ1n) is 10.1. The van der Waals surface area contributed by atoms with Crippen molar-refractivity contribution in [3.63, 3.8) is 0 Å². The number of nitrogens with zero attached hydrogens (tertiary/aromatic N) is 2. The van der Waals surface area contributed by atoms with Gasteiger partial charge in [-0.05, 0) is 34.5 Å². The lowest BCUT2D eigenvalue weighted by molar-refractivity contribution is -0.133. The summed E-state index contributed by atoms with van der Waals surface area (Å²) in [5.74, 6) is -0.190. The van der Waals surface area contributed by atoms with Crippen molar-refractivity contribution in [1.29, 1.82) is 0 Å². The highest BCUT2D eigenvalue weighted by molar-refractivity contribution is 6.30. The van der Waals surface area contributed by atoms with Gasteiger partial charge in [0.25, 0.3) is 0 Å². The second-order valence-corrected chi connectivity index (χ2v) is 7.88. The summed E-state index contributed by atoms with van der Waals surface area (Å²) >= 11 is 6.07. The summed E-state index contributed by atoms with van der Waals surface area (Å²) in [4.78, 5) is 29.0. The van der Waals surface area contributed by atoms with Crippen LogP contribution in [0.5, 0.6) is 0 Å². The maximum Gasteiger partial charge on any atom is 0.242 e. The molecule has 0 bridgehead atoms. The quantitative estimate of drug-likeness (QED) is 0.686. The number of amides is 2. The van der Waals surface area contributed by atoms with Gasteiger partial charge >= 0.3 is 0 Å². The number of anilines is 1. The van der Waals surface area contributed by atoms with Crippen LogP contribution in [-0.4, -0.2) is 49.4 Å². The fraction of sp³-hybridized carbons (Fsp3) is 0.250. The molecular formula is C24H24ClN3O2. The number of rotatable bonds is 5. The highest BCUT2D eigenvalue weighted by Crippen LogP contribution is 2.21. The third-order valence-electron chi connectivity index (χ3n) is 5.47.